The topological polar surface area (TPSA) is 18.1 Å². The van der Waals surface area contributed by atoms with Gasteiger partial charge < -0.3 is 8.98 Å². The fourth-order valence-corrected chi connectivity index (χ4v) is 12.9. The number of para-hydroxylation sites is 1. The van der Waals surface area contributed by atoms with Crippen LogP contribution in [0.2, 0.25) is 0 Å². The molecule has 8 aliphatic rings. The molecule has 2 spiro atoms. The third-order valence-electron chi connectivity index (χ3n) is 15.2. The minimum absolute atomic E-state index is 0.280. The van der Waals surface area contributed by atoms with Gasteiger partial charge in [0.25, 0.3) is 0 Å². The summed E-state index contributed by atoms with van der Waals surface area (Å²) in [5, 5.41) is 6.82. The first-order valence-electron chi connectivity index (χ1n) is 17.8. The average Bonchev–Trinajstić information content (AvgIpc) is 3.99. The van der Waals surface area contributed by atoms with Gasteiger partial charge >= 0.3 is 0 Å². The van der Waals surface area contributed by atoms with E-state index in [1.165, 1.54) is 68.0 Å². The Morgan fingerprint density at radius 1 is 0.872 bits per heavy atom. The van der Waals surface area contributed by atoms with Gasteiger partial charge in [0.2, 0.25) is 0 Å². The zero-order chi connectivity index (χ0) is 30.6. The minimum Gasteiger partial charge on any atom is -0.456 e. The van der Waals surface area contributed by atoms with E-state index in [9.17, 15) is 0 Å². The zero-order valence-electron chi connectivity index (χ0n) is 26.8. The first kappa shape index (κ1) is 23.7. The molecule has 5 unspecified atom stereocenters. The van der Waals surface area contributed by atoms with Crippen molar-refractivity contribution in [1.29, 1.82) is 0 Å². The van der Waals surface area contributed by atoms with Gasteiger partial charge in [0.1, 0.15) is 11.2 Å². The zero-order valence-corrected chi connectivity index (χ0v) is 26.8. The molecule has 2 nitrogen and oxygen atoms in total. The highest BCUT2D eigenvalue weighted by Crippen LogP contribution is 3.15. The second-order valence-corrected chi connectivity index (χ2v) is 17.0. The molecule has 4 aromatic carbocycles. The number of hydrogen-bond acceptors (Lipinski definition) is 1. The highest BCUT2D eigenvalue weighted by molar-refractivity contribution is 6.18. The molecule has 2 heteroatoms. The van der Waals surface area contributed by atoms with Gasteiger partial charge in [0.15, 0.2) is 0 Å². The summed E-state index contributed by atoms with van der Waals surface area (Å²) in [5.41, 5.74) is 17.3. The van der Waals surface area contributed by atoms with Crippen molar-refractivity contribution in [2.24, 2.45) is 34.0 Å². The van der Waals surface area contributed by atoms with Crippen LogP contribution in [0.25, 0.3) is 61.0 Å². The number of allylic oxidation sites excluding steroid dienone is 7. The molecule has 4 fully saturated rings. The summed E-state index contributed by atoms with van der Waals surface area (Å²) in [6.45, 7) is 7.53. The molecule has 0 radical (unpaired) electrons. The van der Waals surface area contributed by atoms with Gasteiger partial charge in [-0.1, -0.05) is 80.6 Å². The third kappa shape index (κ3) is 2.14. The molecule has 6 aromatic rings. The molecule has 0 saturated heterocycles. The van der Waals surface area contributed by atoms with Crippen LogP contribution in [0.4, 0.5) is 0 Å². The Morgan fingerprint density at radius 2 is 1.74 bits per heavy atom. The lowest BCUT2D eigenvalue weighted by Crippen LogP contribution is -2.32. The normalized spacial score (nSPS) is 37.9. The maximum Gasteiger partial charge on any atom is 0.135 e. The third-order valence-corrected chi connectivity index (χ3v) is 15.2. The molecule has 8 atom stereocenters. The lowest BCUT2D eigenvalue weighted by molar-refractivity contribution is 0.441. The average molecular weight is 604 g/mol. The molecule has 4 saturated carbocycles. The number of rotatable bonds is 1. The molecule has 0 bridgehead atoms. The molecule has 8 aliphatic carbocycles. The SMILES string of the molecule is Cc1ccc2cc3c(c4c(n3-c3ccc5oc6ccccc6c5c3)[C@H]3C=CC3C=C4)c3c2c1C1(C2=C3C=C[C@@]3(C)CC23)C2C13C[C@@]23C. The van der Waals surface area contributed by atoms with Gasteiger partial charge in [-0.05, 0) is 117 Å². The summed E-state index contributed by atoms with van der Waals surface area (Å²) in [6, 6.07) is 22.8. The van der Waals surface area contributed by atoms with E-state index in [1.807, 2.05) is 5.57 Å². The number of nitrogens with zero attached hydrogens (tertiary/aromatic N) is 1. The van der Waals surface area contributed by atoms with Gasteiger partial charge in [0.05, 0.1) is 5.52 Å². The first-order valence-corrected chi connectivity index (χ1v) is 17.8. The number of aryl methyl sites for hydroxylation is 1. The Kier molecular flexibility index (Phi) is 3.32. The lowest BCUT2D eigenvalue weighted by atomic mass is 9.63. The van der Waals surface area contributed by atoms with Gasteiger partial charge in [-0.25, -0.2) is 0 Å². The molecule has 224 valence electrons. The molecule has 47 heavy (non-hydrogen) atoms. The predicted molar refractivity (Wildman–Crippen MR) is 190 cm³/mol. The van der Waals surface area contributed by atoms with E-state index in [0.717, 1.165) is 17.1 Å². The van der Waals surface area contributed by atoms with Crippen LogP contribution in [0.1, 0.15) is 60.6 Å². The maximum absolute atomic E-state index is 6.29. The van der Waals surface area contributed by atoms with Crippen LogP contribution in [-0.4, -0.2) is 4.57 Å². The highest BCUT2D eigenvalue weighted by Gasteiger charge is 3.12. The molecular formula is C45H33NO. The van der Waals surface area contributed by atoms with E-state index in [2.05, 4.69) is 122 Å². The Bertz CT molecular complexity index is 2780. The van der Waals surface area contributed by atoms with Crippen LogP contribution in [0.5, 0.6) is 0 Å². The van der Waals surface area contributed by atoms with Gasteiger partial charge in [0, 0.05) is 50.4 Å². The van der Waals surface area contributed by atoms with Crippen LogP contribution < -0.4 is 0 Å². The molecular weight excluding hydrogens is 571 g/mol. The fraction of sp³-hybridized carbons (Fsp3) is 0.289. The van der Waals surface area contributed by atoms with E-state index < -0.39 is 0 Å². The van der Waals surface area contributed by atoms with Crippen molar-refractivity contribution in [2.45, 2.75) is 44.9 Å². The van der Waals surface area contributed by atoms with Crippen molar-refractivity contribution in [3.63, 3.8) is 0 Å². The summed E-state index contributed by atoms with van der Waals surface area (Å²) in [6.07, 6.45) is 17.7. The maximum atomic E-state index is 6.29. The smallest absolute Gasteiger partial charge is 0.135 e. The molecule has 2 aromatic heterocycles. The summed E-state index contributed by atoms with van der Waals surface area (Å²) in [5.74, 6) is 2.41. The van der Waals surface area contributed by atoms with Crippen LogP contribution >= 0.6 is 0 Å². The largest absolute Gasteiger partial charge is 0.456 e. The minimum atomic E-state index is 0.280. The summed E-state index contributed by atoms with van der Waals surface area (Å²) >= 11 is 0. The standard InChI is InChI=1S/C45H33NO/c1-22-8-9-24-18-32-36(37-28-16-17-42(2)20-31(42)39(28)45(38(22)35(24)37)41-43(3)21-44(41,43)45)29-14-11-23-10-13-26(23)40(29)46(32)25-12-15-34-30(19-25)27-6-4-5-7-33(27)47-34/h4-19,23,26,31,41H,20-21H2,1-3H3/t23?,26-,31?,41?,42-,43-,44?,45?/m0/s1. The molecule has 14 rings (SSSR count). The van der Waals surface area contributed by atoms with Crippen molar-refractivity contribution < 1.29 is 4.42 Å². The van der Waals surface area contributed by atoms with Crippen molar-refractivity contribution in [2.75, 3.05) is 0 Å². The fourth-order valence-electron chi connectivity index (χ4n) is 12.9. The van der Waals surface area contributed by atoms with Crippen LogP contribution in [0.15, 0.2) is 101 Å². The molecule has 2 heterocycles. The Labute approximate surface area is 272 Å². The quantitative estimate of drug-likeness (QED) is 0.171. The van der Waals surface area contributed by atoms with E-state index in [-0.39, 0.29) is 5.41 Å². The number of furan rings is 1. The number of aromatic nitrogens is 1. The van der Waals surface area contributed by atoms with E-state index in [1.54, 1.807) is 16.5 Å². The van der Waals surface area contributed by atoms with E-state index in [0.29, 0.717) is 34.0 Å². The van der Waals surface area contributed by atoms with Crippen molar-refractivity contribution >= 4 is 55.3 Å². The monoisotopic (exact) mass is 603 g/mol. The van der Waals surface area contributed by atoms with Crippen molar-refractivity contribution in [3.8, 4) is 5.69 Å². The van der Waals surface area contributed by atoms with Crippen molar-refractivity contribution in [1.82, 2.24) is 4.57 Å². The van der Waals surface area contributed by atoms with Gasteiger partial charge in [-0.15, -0.1) is 0 Å². The van der Waals surface area contributed by atoms with Crippen LogP contribution in [0, 0.1) is 40.9 Å². The molecule has 0 amide bonds. The number of fused-ring (bicyclic) bond motifs is 16. The number of benzene rings is 4. The summed E-state index contributed by atoms with van der Waals surface area (Å²) < 4.78 is 8.93. The van der Waals surface area contributed by atoms with E-state index in [4.69, 9.17) is 4.42 Å². The van der Waals surface area contributed by atoms with E-state index >= 15 is 0 Å². The Morgan fingerprint density at radius 3 is 2.57 bits per heavy atom. The van der Waals surface area contributed by atoms with Gasteiger partial charge in [-0.2, -0.15) is 0 Å². The first-order chi connectivity index (χ1) is 22.9. The van der Waals surface area contributed by atoms with Crippen LogP contribution in [0.3, 0.4) is 0 Å². The van der Waals surface area contributed by atoms with Gasteiger partial charge in [-0.3, -0.25) is 0 Å². The second kappa shape index (κ2) is 6.59. The lowest BCUT2D eigenvalue weighted by Gasteiger charge is -2.40. The summed E-state index contributed by atoms with van der Waals surface area (Å²) in [7, 11) is 0. The molecule has 0 N–H and O–H groups in total. The van der Waals surface area contributed by atoms with Crippen LogP contribution in [-0.2, 0) is 5.41 Å². The summed E-state index contributed by atoms with van der Waals surface area (Å²) in [4.78, 5) is 0. The van der Waals surface area contributed by atoms with Crippen molar-refractivity contribution in [3.05, 3.63) is 125 Å². The number of hydrogen-bond donors (Lipinski definition) is 0. The molecule has 0 aliphatic heterocycles. The predicted octanol–water partition coefficient (Wildman–Crippen LogP) is 10.9. The Hall–Kier alpha value is -4.56. The Balaban J connectivity index is 1.16. The highest BCUT2D eigenvalue weighted by atomic mass is 16.3. The second-order valence-electron chi connectivity index (χ2n) is 17.0.